The summed E-state index contributed by atoms with van der Waals surface area (Å²) >= 11 is 5.84. The summed E-state index contributed by atoms with van der Waals surface area (Å²) in [7, 11) is 0. The number of amides is 1. The molecule has 0 radical (unpaired) electrons. The van der Waals surface area contributed by atoms with E-state index in [0.29, 0.717) is 5.56 Å². The molecule has 0 fully saturated rings. The van der Waals surface area contributed by atoms with E-state index in [0.717, 1.165) is 6.07 Å². The Hall–Kier alpha value is -2.67. The van der Waals surface area contributed by atoms with Gasteiger partial charge in [-0.05, 0) is 12.1 Å². The zero-order valence-corrected chi connectivity index (χ0v) is 12.5. The van der Waals surface area contributed by atoms with Crippen molar-refractivity contribution >= 4 is 23.2 Å². The lowest BCUT2D eigenvalue weighted by molar-refractivity contribution is -0.384. The first-order valence-corrected chi connectivity index (χ1v) is 6.92. The molecule has 2 rings (SSSR count). The Morgan fingerprint density at radius 3 is 2.70 bits per heavy atom. The molecule has 0 unspecified atom stereocenters. The fourth-order valence-corrected chi connectivity index (χ4v) is 1.98. The van der Waals surface area contributed by atoms with Crippen LogP contribution < -0.4 is 10.1 Å². The number of nitrogens with one attached hydrogen (secondary N) is 1. The molecule has 8 heteroatoms. The van der Waals surface area contributed by atoms with Crippen molar-refractivity contribution in [2.75, 3.05) is 6.61 Å². The van der Waals surface area contributed by atoms with Crippen LogP contribution in [0.3, 0.4) is 0 Å². The Bertz CT molecular complexity index is 739. The van der Waals surface area contributed by atoms with Gasteiger partial charge in [0.1, 0.15) is 11.6 Å². The van der Waals surface area contributed by atoms with Crippen molar-refractivity contribution in [2.45, 2.75) is 6.54 Å². The summed E-state index contributed by atoms with van der Waals surface area (Å²) in [6.07, 6.45) is 0. The Morgan fingerprint density at radius 2 is 2.04 bits per heavy atom. The smallest absolute Gasteiger partial charge is 0.271 e. The first-order chi connectivity index (χ1) is 11.0. The molecule has 0 saturated carbocycles. The zero-order chi connectivity index (χ0) is 16.8. The summed E-state index contributed by atoms with van der Waals surface area (Å²) in [5.41, 5.74) is 0.181. The molecular formula is C15H12ClFN2O4. The zero-order valence-electron chi connectivity index (χ0n) is 11.8. The molecule has 2 aromatic rings. The third kappa shape index (κ3) is 4.65. The molecule has 23 heavy (non-hydrogen) atoms. The Labute approximate surface area is 136 Å². The molecule has 120 valence electrons. The van der Waals surface area contributed by atoms with Gasteiger partial charge in [-0.15, -0.1) is 0 Å². The average molecular weight is 339 g/mol. The topological polar surface area (TPSA) is 81.5 Å². The lowest BCUT2D eigenvalue weighted by Gasteiger charge is -2.09. The predicted octanol–water partition coefficient (Wildman–Crippen LogP) is 3.08. The number of benzene rings is 2. The lowest BCUT2D eigenvalue weighted by atomic mass is 10.2. The fraction of sp³-hybridized carbons (Fsp3) is 0.133. The average Bonchev–Trinajstić information content (AvgIpc) is 2.52. The summed E-state index contributed by atoms with van der Waals surface area (Å²) in [6.45, 7) is -0.311. The van der Waals surface area contributed by atoms with E-state index in [-0.39, 0.29) is 29.6 Å². The third-order valence-electron chi connectivity index (χ3n) is 2.92. The number of nitro groups is 1. The number of hydrogen-bond donors (Lipinski definition) is 1. The summed E-state index contributed by atoms with van der Waals surface area (Å²) in [4.78, 5) is 21.7. The van der Waals surface area contributed by atoms with E-state index in [1.807, 2.05) is 0 Å². The molecule has 1 N–H and O–H groups in total. The van der Waals surface area contributed by atoms with E-state index in [9.17, 15) is 19.3 Å². The van der Waals surface area contributed by atoms with Crippen LogP contribution in [0.25, 0.3) is 0 Å². The van der Waals surface area contributed by atoms with Crippen LogP contribution in [0.4, 0.5) is 10.1 Å². The number of rotatable bonds is 6. The van der Waals surface area contributed by atoms with Gasteiger partial charge in [0.05, 0.1) is 9.95 Å². The first-order valence-electron chi connectivity index (χ1n) is 6.54. The van der Waals surface area contributed by atoms with E-state index < -0.39 is 16.6 Å². The van der Waals surface area contributed by atoms with Crippen LogP contribution in [0.2, 0.25) is 5.02 Å². The van der Waals surface area contributed by atoms with Crippen molar-refractivity contribution < 1.29 is 18.8 Å². The van der Waals surface area contributed by atoms with Crippen LogP contribution in [0, 0.1) is 15.9 Å². The van der Waals surface area contributed by atoms with E-state index in [4.69, 9.17) is 16.3 Å². The third-order valence-corrected chi connectivity index (χ3v) is 3.21. The molecule has 1 amide bonds. The van der Waals surface area contributed by atoms with Gasteiger partial charge in [-0.2, -0.15) is 0 Å². The van der Waals surface area contributed by atoms with E-state index >= 15 is 0 Å². The molecule has 0 atom stereocenters. The van der Waals surface area contributed by atoms with Gasteiger partial charge in [0.2, 0.25) is 0 Å². The summed E-state index contributed by atoms with van der Waals surface area (Å²) < 4.78 is 18.6. The highest BCUT2D eigenvalue weighted by Gasteiger charge is 2.12. The minimum absolute atomic E-state index is 0.0288. The largest absolute Gasteiger partial charge is 0.482 e. The number of nitrogens with zero attached hydrogens (tertiary/aromatic N) is 1. The molecule has 0 aliphatic heterocycles. The van der Waals surface area contributed by atoms with Gasteiger partial charge in [-0.25, -0.2) is 4.39 Å². The standard InChI is InChI=1S/C15H12ClFN2O4/c16-12-7-11(19(21)22)5-6-14(12)23-9-15(20)18-8-10-3-1-2-4-13(10)17/h1-7H,8-9H2,(H,18,20). The molecule has 2 aromatic carbocycles. The van der Waals surface area contributed by atoms with Crippen molar-refractivity contribution in [3.63, 3.8) is 0 Å². The van der Waals surface area contributed by atoms with Crippen molar-refractivity contribution in [3.05, 3.63) is 69.0 Å². The lowest BCUT2D eigenvalue weighted by Crippen LogP contribution is -2.28. The SMILES string of the molecule is O=C(COc1ccc([N+](=O)[O-])cc1Cl)NCc1ccccc1F. The van der Waals surface area contributed by atoms with Gasteiger partial charge in [0, 0.05) is 24.2 Å². The first kappa shape index (κ1) is 16.7. The van der Waals surface area contributed by atoms with Crippen LogP contribution in [-0.4, -0.2) is 17.4 Å². The Morgan fingerprint density at radius 1 is 1.30 bits per heavy atom. The maximum Gasteiger partial charge on any atom is 0.271 e. The Kier molecular flexibility index (Phi) is 5.48. The van der Waals surface area contributed by atoms with Crippen molar-refractivity contribution in [1.82, 2.24) is 5.32 Å². The van der Waals surface area contributed by atoms with Gasteiger partial charge in [-0.1, -0.05) is 29.8 Å². The molecule has 0 aliphatic rings. The number of ether oxygens (including phenoxy) is 1. The number of hydrogen-bond acceptors (Lipinski definition) is 4. The van der Waals surface area contributed by atoms with Crippen molar-refractivity contribution in [1.29, 1.82) is 0 Å². The van der Waals surface area contributed by atoms with Crippen LogP contribution in [0.15, 0.2) is 42.5 Å². The number of nitro benzene ring substituents is 1. The highest BCUT2D eigenvalue weighted by Crippen LogP contribution is 2.28. The highest BCUT2D eigenvalue weighted by molar-refractivity contribution is 6.32. The van der Waals surface area contributed by atoms with Crippen LogP contribution in [0.5, 0.6) is 5.75 Å². The molecule has 0 aliphatic carbocycles. The predicted molar refractivity (Wildman–Crippen MR) is 81.8 cm³/mol. The molecular weight excluding hydrogens is 327 g/mol. The quantitative estimate of drug-likeness (QED) is 0.648. The van der Waals surface area contributed by atoms with Gasteiger partial charge in [0.25, 0.3) is 11.6 Å². The number of halogens is 2. The number of carbonyl (C=O) groups excluding carboxylic acids is 1. The summed E-state index contributed by atoms with van der Waals surface area (Å²) in [5, 5.41) is 13.1. The van der Waals surface area contributed by atoms with Gasteiger partial charge < -0.3 is 10.1 Å². The Balaban J connectivity index is 1.87. The second-order valence-electron chi connectivity index (χ2n) is 4.53. The number of carbonyl (C=O) groups is 1. The van der Waals surface area contributed by atoms with Gasteiger partial charge >= 0.3 is 0 Å². The molecule has 0 aromatic heterocycles. The van der Waals surface area contributed by atoms with E-state index in [1.54, 1.807) is 18.2 Å². The minimum Gasteiger partial charge on any atom is -0.482 e. The summed E-state index contributed by atoms with van der Waals surface area (Å²) in [6, 6.07) is 9.74. The van der Waals surface area contributed by atoms with E-state index in [2.05, 4.69) is 5.32 Å². The van der Waals surface area contributed by atoms with E-state index in [1.165, 1.54) is 18.2 Å². The monoisotopic (exact) mass is 338 g/mol. The molecule has 0 spiro atoms. The van der Waals surface area contributed by atoms with Gasteiger partial charge in [-0.3, -0.25) is 14.9 Å². The molecule has 0 heterocycles. The second-order valence-corrected chi connectivity index (χ2v) is 4.94. The van der Waals surface area contributed by atoms with Crippen LogP contribution in [-0.2, 0) is 11.3 Å². The highest BCUT2D eigenvalue weighted by atomic mass is 35.5. The van der Waals surface area contributed by atoms with Crippen LogP contribution in [0.1, 0.15) is 5.56 Å². The number of non-ortho nitro benzene ring substituents is 1. The molecule has 0 bridgehead atoms. The molecule has 0 saturated heterocycles. The minimum atomic E-state index is -0.587. The fourth-order valence-electron chi connectivity index (χ4n) is 1.75. The second kappa shape index (κ2) is 7.55. The maximum absolute atomic E-state index is 13.4. The van der Waals surface area contributed by atoms with Crippen molar-refractivity contribution in [3.8, 4) is 5.75 Å². The maximum atomic E-state index is 13.4. The van der Waals surface area contributed by atoms with Crippen LogP contribution >= 0.6 is 11.6 Å². The normalized spacial score (nSPS) is 10.2. The van der Waals surface area contributed by atoms with Crippen molar-refractivity contribution in [2.24, 2.45) is 0 Å². The van der Waals surface area contributed by atoms with Gasteiger partial charge in [0.15, 0.2) is 6.61 Å². The summed E-state index contributed by atoms with van der Waals surface area (Å²) in [5.74, 6) is -0.729. The molecule has 6 nitrogen and oxygen atoms in total.